The number of piperazine rings is 1. The number of halogens is 2. The van der Waals surface area contributed by atoms with Crippen molar-refractivity contribution in [1.82, 2.24) is 9.88 Å². The fourth-order valence-electron chi connectivity index (χ4n) is 4.41. The second kappa shape index (κ2) is 12.0. The van der Waals surface area contributed by atoms with Crippen LogP contribution in [0.1, 0.15) is 42.8 Å². The fourth-order valence-corrected chi connectivity index (χ4v) is 4.82. The zero-order chi connectivity index (χ0) is 26.6. The SMILES string of the molecule is CC(C)(O)COc1ccc(N2CCN(CC(O)c3ccc(CO)nc3)C[C@H]2c2ccc(Cl)cc2)c(Cl)c1. The number of β-amino-alcohol motifs (C(OH)–C–C–N with tert-alkyl or cyclic N) is 1. The van der Waals surface area contributed by atoms with E-state index < -0.39 is 11.7 Å². The van der Waals surface area contributed by atoms with Crippen molar-refractivity contribution in [2.75, 3.05) is 37.7 Å². The Bertz CT molecular complexity index is 1170. The van der Waals surface area contributed by atoms with E-state index in [4.69, 9.17) is 27.9 Å². The third kappa shape index (κ3) is 7.35. The van der Waals surface area contributed by atoms with E-state index in [9.17, 15) is 15.3 Å². The molecule has 7 nitrogen and oxygen atoms in total. The molecule has 2 heterocycles. The van der Waals surface area contributed by atoms with Gasteiger partial charge in [0, 0.05) is 49.0 Å². The van der Waals surface area contributed by atoms with Crippen LogP contribution in [0.4, 0.5) is 5.69 Å². The molecule has 1 saturated heterocycles. The van der Waals surface area contributed by atoms with E-state index in [0.717, 1.165) is 17.8 Å². The summed E-state index contributed by atoms with van der Waals surface area (Å²) in [5.74, 6) is 0.599. The van der Waals surface area contributed by atoms with Crippen LogP contribution in [0.5, 0.6) is 5.75 Å². The molecule has 37 heavy (non-hydrogen) atoms. The van der Waals surface area contributed by atoms with Gasteiger partial charge >= 0.3 is 0 Å². The Morgan fingerprint density at radius 1 is 1.08 bits per heavy atom. The Hall–Kier alpha value is -2.39. The first-order chi connectivity index (χ1) is 17.6. The van der Waals surface area contributed by atoms with E-state index in [2.05, 4.69) is 14.8 Å². The van der Waals surface area contributed by atoms with Crippen molar-refractivity contribution in [2.45, 2.75) is 38.2 Å². The van der Waals surface area contributed by atoms with Gasteiger partial charge in [0.1, 0.15) is 12.4 Å². The molecule has 0 bridgehead atoms. The minimum absolute atomic E-state index is 0.0197. The Morgan fingerprint density at radius 3 is 2.46 bits per heavy atom. The van der Waals surface area contributed by atoms with Gasteiger partial charge in [0.05, 0.1) is 40.8 Å². The summed E-state index contributed by atoms with van der Waals surface area (Å²) in [4.78, 5) is 8.69. The lowest BCUT2D eigenvalue weighted by Gasteiger charge is -2.44. The third-order valence-electron chi connectivity index (χ3n) is 6.37. The molecule has 1 aromatic heterocycles. The van der Waals surface area contributed by atoms with Gasteiger partial charge in [0.2, 0.25) is 0 Å². The maximum Gasteiger partial charge on any atom is 0.121 e. The highest BCUT2D eigenvalue weighted by Gasteiger charge is 2.31. The van der Waals surface area contributed by atoms with Crippen LogP contribution in [0.3, 0.4) is 0 Å². The van der Waals surface area contributed by atoms with Crippen LogP contribution in [0, 0.1) is 0 Å². The summed E-state index contributed by atoms with van der Waals surface area (Å²) in [6.07, 6.45) is 0.915. The predicted molar refractivity (Wildman–Crippen MR) is 146 cm³/mol. The van der Waals surface area contributed by atoms with Crippen molar-refractivity contribution >= 4 is 28.9 Å². The number of hydrogen-bond donors (Lipinski definition) is 3. The summed E-state index contributed by atoms with van der Waals surface area (Å²) in [5.41, 5.74) is 2.33. The topological polar surface area (TPSA) is 89.3 Å². The Labute approximate surface area is 227 Å². The van der Waals surface area contributed by atoms with Crippen molar-refractivity contribution in [2.24, 2.45) is 0 Å². The number of hydrogen-bond acceptors (Lipinski definition) is 7. The Balaban J connectivity index is 1.53. The first-order valence-corrected chi connectivity index (χ1v) is 13.0. The monoisotopic (exact) mass is 545 g/mol. The number of anilines is 1. The largest absolute Gasteiger partial charge is 0.491 e. The van der Waals surface area contributed by atoms with Gasteiger partial charge in [-0.15, -0.1) is 0 Å². The quantitative estimate of drug-likeness (QED) is 0.361. The molecule has 1 aliphatic rings. The standard InChI is InChI=1S/C28H33Cl2N3O4/c1-28(2,36)18-37-23-9-10-25(24(30)13-23)33-12-11-32(15-26(33)19-3-6-21(29)7-4-19)16-27(35)20-5-8-22(17-34)31-14-20/h3-10,13-14,26-27,34-36H,11-12,15-18H2,1-2H3/t26-,27?/m0/s1. The third-order valence-corrected chi connectivity index (χ3v) is 6.92. The summed E-state index contributed by atoms with van der Waals surface area (Å²) >= 11 is 12.9. The highest BCUT2D eigenvalue weighted by molar-refractivity contribution is 6.33. The van der Waals surface area contributed by atoms with Gasteiger partial charge in [-0.2, -0.15) is 0 Å². The molecule has 198 valence electrons. The molecule has 1 unspecified atom stereocenters. The van der Waals surface area contributed by atoms with Crippen LogP contribution in [-0.2, 0) is 6.61 Å². The highest BCUT2D eigenvalue weighted by Crippen LogP contribution is 2.37. The van der Waals surface area contributed by atoms with E-state index in [1.54, 1.807) is 38.2 Å². The maximum atomic E-state index is 10.9. The number of aliphatic hydroxyl groups is 3. The molecule has 0 spiro atoms. The van der Waals surface area contributed by atoms with Crippen LogP contribution in [0.15, 0.2) is 60.8 Å². The number of aliphatic hydroxyl groups excluding tert-OH is 2. The number of aromatic nitrogens is 1. The molecular formula is C28H33Cl2N3O4. The van der Waals surface area contributed by atoms with Gasteiger partial charge in [-0.1, -0.05) is 41.4 Å². The van der Waals surface area contributed by atoms with Crippen LogP contribution in [0.2, 0.25) is 10.0 Å². The summed E-state index contributed by atoms with van der Waals surface area (Å²) in [5, 5.41) is 31.3. The zero-order valence-electron chi connectivity index (χ0n) is 21.0. The lowest BCUT2D eigenvalue weighted by Crippen LogP contribution is -2.49. The molecule has 1 fully saturated rings. The molecule has 0 radical (unpaired) electrons. The minimum Gasteiger partial charge on any atom is -0.491 e. The molecule has 0 aliphatic carbocycles. The van der Waals surface area contributed by atoms with Gasteiger partial charge in [0.25, 0.3) is 0 Å². The van der Waals surface area contributed by atoms with E-state index in [1.807, 2.05) is 36.4 Å². The molecule has 0 amide bonds. The van der Waals surface area contributed by atoms with E-state index >= 15 is 0 Å². The molecule has 3 aromatic rings. The molecule has 9 heteroatoms. The van der Waals surface area contributed by atoms with Gasteiger partial charge < -0.3 is 25.0 Å². The first-order valence-electron chi connectivity index (χ1n) is 12.3. The van der Waals surface area contributed by atoms with Gasteiger partial charge in [0.15, 0.2) is 0 Å². The molecule has 2 aromatic carbocycles. The van der Waals surface area contributed by atoms with Crippen LogP contribution < -0.4 is 9.64 Å². The van der Waals surface area contributed by atoms with Crippen molar-refractivity contribution in [3.63, 3.8) is 0 Å². The highest BCUT2D eigenvalue weighted by atomic mass is 35.5. The van der Waals surface area contributed by atoms with Crippen molar-refractivity contribution in [3.05, 3.63) is 87.7 Å². The molecule has 2 atom stereocenters. The summed E-state index contributed by atoms with van der Waals surface area (Å²) in [6.45, 7) is 5.98. The molecular weight excluding hydrogens is 513 g/mol. The zero-order valence-corrected chi connectivity index (χ0v) is 22.5. The number of pyridine rings is 1. The summed E-state index contributed by atoms with van der Waals surface area (Å²) < 4.78 is 5.71. The number of rotatable bonds is 9. The van der Waals surface area contributed by atoms with Crippen LogP contribution >= 0.6 is 23.2 Å². The van der Waals surface area contributed by atoms with Gasteiger partial charge in [-0.25, -0.2) is 0 Å². The van der Waals surface area contributed by atoms with Crippen molar-refractivity contribution in [3.8, 4) is 5.75 Å². The lowest BCUT2D eigenvalue weighted by molar-refractivity contribution is 0.0285. The maximum absolute atomic E-state index is 10.9. The minimum atomic E-state index is -0.942. The van der Waals surface area contributed by atoms with Crippen molar-refractivity contribution < 1.29 is 20.1 Å². The first kappa shape index (κ1) is 27.6. The number of benzene rings is 2. The number of ether oxygens (including phenoxy) is 1. The average molecular weight is 546 g/mol. The molecule has 0 saturated carbocycles. The second-order valence-corrected chi connectivity index (χ2v) is 10.8. The van der Waals surface area contributed by atoms with Crippen LogP contribution in [-0.4, -0.2) is 63.6 Å². The second-order valence-electron chi connectivity index (χ2n) is 9.99. The molecule has 3 N–H and O–H groups in total. The van der Waals surface area contributed by atoms with E-state index in [1.165, 1.54) is 0 Å². The lowest BCUT2D eigenvalue weighted by atomic mass is 10.0. The van der Waals surface area contributed by atoms with Crippen LogP contribution in [0.25, 0.3) is 0 Å². The molecule has 4 rings (SSSR count). The number of nitrogens with zero attached hydrogens (tertiary/aromatic N) is 3. The summed E-state index contributed by atoms with van der Waals surface area (Å²) in [7, 11) is 0. The van der Waals surface area contributed by atoms with E-state index in [0.29, 0.717) is 46.7 Å². The smallest absolute Gasteiger partial charge is 0.121 e. The molecule has 1 aliphatic heterocycles. The normalized spacial score (nSPS) is 17.6. The predicted octanol–water partition coefficient (Wildman–Crippen LogP) is 4.63. The Kier molecular flexibility index (Phi) is 8.95. The van der Waals surface area contributed by atoms with Gasteiger partial charge in [-0.3, -0.25) is 9.88 Å². The Morgan fingerprint density at radius 2 is 1.84 bits per heavy atom. The fraction of sp³-hybridized carbons (Fsp3) is 0.393. The van der Waals surface area contributed by atoms with Gasteiger partial charge in [-0.05, 0) is 49.7 Å². The van der Waals surface area contributed by atoms with E-state index in [-0.39, 0.29) is 19.3 Å². The summed E-state index contributed by atoms with van der Waals surface area (Å²) in [6, 6.07) is 16.9. The average Bonchev–Trinajstić information content (AvgIpc) is 2.88. The van der Waals surface area contributed by atoms with Crippen molar-refractivity contribution in [1.29, 1.82) is 0 Å².